The third-order valence-corrected chi connectivity index (χ3v) is 4.42. The zero-order valence-electron chi connectivity index (χ0n) is 12.4. The fourth-order valence-corrected chi connectivity index (χ4v) is 3.11. The fraction of sp³-hybridized carbons (Fsp3) is 0.278. The highest BCUT2D eigenvalue weighted by Gasteiger charge is 2.22. The molecule has 2 aromatic rings. The molecule has 1 unspecified atom stereocenters. The summed E-state index contributed by atoms with van der Waals surface area (Å²) in [4.78, 5) is 0. The number of hydrogen-bond acceptors (Lipinski definition) is 1. The molecule has 0 radical (unpaired) electrons. The normalized spacial score (nSPS) is 16.4. The molecule has 1 atom stereocenters. The maximum absolute atomic E-state index is 5.46. The molecule has 108 valence electrons. The topological polar surface area (TPSA) is 24.1 Å². The molecule has 2 aromatic carbocycles. The molecule has 0 saturated heterocycles. The number of rotatable bonds is 2. The van der Waals surface area contributed by atoms with Crippen molar-refractivity contribution < 1.29 is 0 Å². The van der Waals surface area contributed by atoms with Gasteiger partial charge in [-0.1, -0.05) is 30.3 Å². The number of aryl methyl sites for hydroxylation is 3. The van der Waals surface area contributed by atoms with Gasteiger partial charge >= 0.3 is 0 Å². The maximum Gasteiger partial charge on any atom is 0.171 e. The molecule has 0 heterocycles. The van der Waals surface area contributed by atoms with E-state index in [0.717, 1.165) is 18.5 Å². The van der Waals surface area contributed by atoms with Crippen molar-refractivity contribution in [3.8, 4) is 0 Å². The van der Waals surface area contributed by atoms with Crippen LogP contribution in [0.25, 0.3) is 0 Å². The summed E-state index contributed by atoms with van der Waals surface area (Å²) in [5.41, 5.74) is 6.42. The first-order chi connectivity index (χ1) is 10.1. The Labute approximate surface area is 131 Å². The van der Waals surface area contributed by atoms with Gasteiger partial charge in [0.15, 0.2) is 5.11 Å². The van der Waals surface area contributed by atoms with Crippen LogP contribution in [0.1, 0.15) is 34.7 Å². The molecule has 1 aliphatic carbocycles. The predicted octanol–water partition coefficient (Wildman–Crippen LogP) is 4.28. The van der Waals surface area contributed by atoms with Crippen molar-refractivity contribution >= 4 is 23.0 Å². The average molecular weight is 296 g/mol. The summed E-state index contributed by atoms with van der Waals surface area (Å²) in [6.45, 7) is 4.23. The van der Waals surface area contributed by atoms with E-state index in [9.17, 15) is 0 Å². The molecule has 0 saturated carbocycles. The zero-order valence-corrected chi connectivity index (χ0v) is 13.3. The lowest BCUT2D eigenvalue weighted by Crippen LogP contribution is -2.31. The Kier molecular flexibility index (Phi) is 3.93. The van der Waals surface area contributed by atoms with E-state index in [1.54, 1.807) is 0 Å². The first kappa shape index (κ1) is 14.1. The van der Waals surface area contributed by atoms with Gasteiger partial charge in [-0.3, -0.25) is 0 Å². The van der Waals surface area contributed by atoms with Gasteiger partial charge in [-0.25, -0.2) is 0 Å². The molecule has 3 rings (SSSR count). The fourth-order valence-electron chi connectivity index (χ4n) is 2.85. The van der Waals surface area contributed by atoms with Gasteiger partial charge in [0.1, 0.15) is 0 Å². The number of benzene rings is 2. The molecular weight excluding hydrogens is 276 g/mol. The van der Waals surface area contributed by atoms with Crippen LogP contribution in [0.3, 0.4) is 0 Å². The van der Waals surface area contributed by atoms with Crippen molar-refractivity contribution in [3.63, 3.8) is 0 Å². The molecule has 0 aromatic heterocycles. The van der Waals surface area contributed by atoms with E-state index >= 15 is 0 Å². The van der Waals surface area contributed by atoms with Gasteiger partial charge in [0.05, 0.1) is 6.04 Å². The van der Waals surface area contributed by atoms with Crippen molar-refractivity contribution in [2.45, 2.75) is 32.7 Å². The van der Waals surface area contributed by atoms with Crippen molar-refractivity contribution in [3.05, 3.63) is 64.7 Å². The summed E-state index contributed by atoms with van der Waals surface area (Å²) in [7, 11) is 0. The summed E-state index contributed by atoms with van der Waals surface area (Å²) in [5, 5.41) is 7.42. The van der Waals surface area contributed by atoms with Crippen LogP contribution < -0.4 is 10.6 Å². The highest BCUT2D eigenvalue weighted by molar-refractivity contribution is 7.80. The largest absolute Gasteiger partial charge is 0.356 e. The lowest BCUT2D eigenvalue weighted by atomic mass is 10.1. The molecular formula is C18H20N2S. The quantitative estimate of drug-likeness (QED) is 0.809. The lowest BCUT2D eigenvalue weighted by molar-refractivity contribution is 0.644. The van der Waals surface area contributed by atoms with Crippen LogP contribution in [0.4, 0.5) is 5.69 Å². The predicted molar refractivity (Wildman–Crippen MR) is 92.8 cm³/mol. The van der Waals surface area contributed by atoms with Gasteiger partial charge in [0.25, 0.3) is 0 Å². The van der Waals surface area contributed by atoms with Crippen LogP contribution in [0, 0.1) is 13.8 Å². The summed E-state index contributed by atoms with van der Waals surface area (Å²) < 4.78 is 0. The monoisotopic (exact) mass is 296 g/mol. The molecule has 0 spiro atoms. The van der Waals surface area contributed by atoms with Gasteiger partial charge in [0.2, 0.25) is 0 Å². The summed E-state index contributed by atoms with van der Waals surface area (Å²) in [6.07, 6.45) is 2.23. The summed E-state index contributed by atoms with van der Waals surface area (Å²) in [6, 6.07) is 15.2. The van der Waals surface area contributed by atoms with Gasteiger partial charge in [-0.15, -0.1) is 0 Å². The van der Waals surface area contributed by atoms with Crippen molar-refractivity contribution in [1.29, 1.82) is 0 Å². The Balaban J connectivity index is 1.66. The second kappa shape index (κ2) is 5.86. The smallest absolute Gasteiger partial charge is 0.171 e. The molecule has 0 aliphatic heterocycles. The zero-order chi connectivity index (χ0) is 14.8. The van der Waals surface area contributed by atoms with E-state index < -0.39 is 0 Å². The average Bonchev–Trinajstić information content (AvgIpc) is 2.86. The van der Waals surface area contributed by atoms with E-state index in [2.05, 4.69) is 66.9 Å². The standard InChI is InChI=1S/C18H20N2S/c1-12-7-9-15(11-13(12)2)19-18(21)20-17-10-8-14-5-3-4-6-16(14)17/h3-7,9,11,17H,8,10H2,1-2H3,(H2,19,20,21). The molecule has 0 bridgehead atoms. The number of thiocarbonyl (C=S) groups is 1. The molecule has 21 heavy (non-hydrogen) atoms. The molecule has 0 fully saturated rings. The van der Waals surface area contributed by atoms with E-state index in [-0.39, 0.29) is 0 Å². The van der Waals surface area contributed by atoms with E-state index in [1.165, 1.54) is 22.3 Å². The highest BCUT2D eigenvalue weighted by Crippen LogP contribution is 2.30. The van der Waals surface area contributed by atoms with Crippen LogP contribution in [0.2, 0.25) is 0 Å². The second-order valence-electron chi connectivity index (χ2n) is 5.69. The van der Waals surface area contributed by atoms with Gasteiger partial charge in [-0.2, -0.15) is 0 Å². The third-order valence-electron chi connectivity index (χ3n) is 4.20. The SMILES string of the molecule is Cc1ccc(NC(=S)NC2CCc3ccccc32)cc1C. The number of fused-ring (bicyclic) bond motifs is 1. The van der Waals surface area contributed by atoms with E-state index in [0.29, 0.717) is 11.2 Å². The highest BCUT2D eigenvalue weighted by atomic mass is 32.1. The summed E-state index contributed by atoms with van der Waals surface area (Å²) >= 11 is 5.46. The van der Waals surface area contributed by atoms with Crippen LogP contribution >= 0.6 is 12.2 Å². The number of hydrogen-bond donors (Lipinski definition) is 2. The van der Waals surface area contributed by atoms with E-state index in [1.807, 2.05) is 0 Å². The Morgan fingerprint density at radius 3 is 2.71 bits per heavy atom. The van der Waals surface area contributed by atoms with Gasteiger partial charge in [-0.05, 0) is 73.3 Å². The Hall–Kier alpha value is -1.87. The third kappa shape index (κ3) is 3.08. The second-order valence-corrected chi connectivity index (χ2v) is 6.10. The minimum Gasteiger partial charge on any atom is -0.356 e. The Morgan fingerprint density at radius 2 is 1.90 bits per heavy atom. The van der Waals surface area contributed by atoms with Crippen LogP contribution in [-0.4, -0.2) is 5.11 Å². The minimum atomic E-state index is 0.327. The number of anilines is 1. The Morgan fingerprint density at radius 1 is 1.10 bits per heavy atom. The van der Waals surface area contributed by atoms with Crippen LogP contribution in [0.5, 0.6) is 0 Å². The number of nitrogens with one attached hydrogen (secondary N) is 2. The first-order valence-electron chi connectivity index (χ1n) is 7.36. The van der Waals surface area contributed by atoms with E-state index in [4.69, 9.17) is 12.2 Å². The molecule has 3 heteroatoms. The van der Waals surface area contributed by atoms with Crippen molar-refractivity contribution in [1.82, 2.24) is 5.32 Å². The lowest BCUT2D eigenvalue weighted by Gasteiger charge is -2.17. The molecule has 2 nitrogen and oxygen atoms in total. The Bertz CT molecular complexity index is 679. The van der Waals surface area contributed by atoms with Gasteiger partial charge in [0, 0.05) is 5.69 Å². The molecule has 0 amide bonds. The minimum absolute atomic E-state index is 0.327. The molecule has 2 N–H and O–H groups in total. The molecule has 1 aliphatic rings. The van der Waals surface area contributed by atoms with Gasteiger partial charge < -0.3 is 10.6 Å². The van der Waals surface area contributed by atoms with Crippen LogP contribution in [-0.2, 0) is 6.42 Å². The maximum atomic E-state index is 5.46. The summed E-state index contributed by atoms with van der Waals surface area (Å²) in [5.74, 6) is 0. The van der Waals surface area contributed by atoms with Crippen molar-refractivity contribution in [2.75, 3.05) is 5.32 Å². The van der Waals surface area contributed by atoms with Crippen molar-refractivity contribution in [2.24, 2.45) is 0 Å². The van der Waals surface area contributed by atoms with Crippen LogP contribution in [0.15, 0.2) is 42.5 Å². The first-order valence-corrected chi connectivity index (χ1v) is 7.77.